The molecule has 4 rings (SSSR count). The number of aromatic amines is 1. The lowest BCUT2D eigenvalue weighted by Crippen LogP contribution is -2.44. The smallest absolute Gasteiger partial charge is 0.226 e. The number of nitrogens with zero attached hydrogens (tertiary/aromatic N) is 1. The van der Waals surface area contributed by atoms with E-state index < -0.39 is 5.54 Å². The minimum atomic E-state index is -0.683. The summed E-state index contributed by atoms with van der Waals surface area (Å²) in [4.78, 5) is 37.0. The van der Waals surface area contributed by atoms with Gasteiger partial charge in [-0.05, 0) is 49.8 Å². The van der Waals surface area contributed by atoms with Crippen molar-refractivity contribution in [1.82, 2.24) is 15.5 Å². The maximum atomic E-state index is 13.2. The molecule has 3 aromatic carbocycles. The lowest BCUT2D eigenvalue weighted by Gasteiger charge is -2.24. The van der Waals surface area contributed by atoms with Gasteiger partial charge in [0.2, 0.25) is 11.8 Å². The van der Waals surface area contributed by atoms with Crippen LogP contribution < -0.4 is 10.6 Å². The molecular formula is C29H28N4O3. The minimum Gasteiger partial charge on any atom is -0.351 e. The van der Waals surface area contributed by atoms with Crippen LogP contribution in [0.25, 0.3) is 23.1 Å². The van der Waals surface area contributed by atoms with E-state index >= 15 is 0 Å². The van der Waals surface area contributed by atoms with Crippen molar-refractivity contribution in [2.75, 3.05) is 5.32 Å². The Balaban J connectivity index is 1.48. The van der Waals surface area contributed by atoms with Crippen LogP contribution in [0.15, 0.2) is 72.8 Å². The van der Waals surface area contributed by atoms with Gasteiger partial charge in [0.15, 0.2) is 5.78 Å². The summed E-state index contributed by atoms with van der Waals surface area (Å²) in [7, 11) is 0. The van der Waals surface area contributed by atoms with E-state index in [9.17, 15) is 14.4 Å². The molecule has 1 heterocycles. The van der Waals surface area contributed by atoms with Gasteiger partial charge < -0.3 is 10.6 Å². The van der Waals surface area contributed by atoms with Crippen molar-refractivity contribution < 1.29 is 14.4 Å². The van der Waals surface area contributed by atoms with Crippen LogP contribution in [0.5, 0.6) is 0 Å². The Morgan fingerprint density at radius 2 is 1.67 bits per heavy atom. The topological polar surface area (TPSA) is 104 Å². The second-order valence-corrected chi connectivity index (χ2v) is 9.31. The Kier molecular flexibility index (Phi) is 7.10. The quantitative estimate of drug-likeness (QED) is 0.301. The highest BCUT2D eigenvalue weighted by Gasteiger charge is 2.23. The molecule has 0 aliphatic carbocycles. The van der Waals surface area contributed by atoms with Gasteiger partial charge in [0.25, 0.3) is 0 Å². The van der Waals surface area contributed by atoms with E-state index in [1.54, 1.807) is 50.2 Å². The molecule has 0 unspecified atom stereocenters. The van der Waals surface area contributed by atoms with E-state index in [0.717, 1.165) is 22.2 Å². The van der Waals surface area contributed by atoms with Crippen molar-refractivity contribution in [2.45, 2.75) is 32.7 Å². The fourth-order valence-electron chi connectivity index (χ4n) is 4.08. The zero-order valence-corrected chi connectivity index (χ0v) is 20.5. The maximum absolute atomic E-state index is 13.2. The molecule has 2 amide bonds. The zero-order valence-electron chi connectivity index (χ0n) is 20.5. The summed E-state index contributed by atoms with van der Waals surface area (Å²) in [6.07, 6.45) is 4.03. The van der Waals surface area contributed by atoms with Gasteiger partial charge in [-0.25, -0.2) is 0 Å². The molecule has 0 spiro atoms. The van der Waals surface area contributed by atoms with Crippen LogP contribution in [0.1, 0.15) is 54.4 Å². The Bertz CT molecular complexity index is 1450. The Morgan fingerprint density at radius 1 is 0.917 bits per heavy atom. The van der Waals surface area contributed by atoms with E-state index in [-0.39, 0.29) is 24.0 Å². The van der Waals surface area contributed by atoms with Gasteiger partial charge in [-0.2, -0.15) is 5.10 Å². The molecule has 0 atom stereocenters. The highest BCUT2D eigenvalue weighted by molar-refractivity contribution is 6.11. The average molecular weight is 481 g/mol. The third kappa shape index (κ3) is 6.13. The van der Waals surface area contributed by atoms with E-state index in [1.807, 2.05) is 48.6 Å². The Morgan fingerprint density at radius 3 is 2.42 bits per heavy atom. The predicted octanol–water partition coefficient (Wildman–Crippen LogP) is 5.21. The summed E-state index contributed by atoms with van der Waals surface area (Å²) in [5.41, 5.74) is 3.43. The number of rotatable bonds is 8. The number of H-pyrrole nitrogens is 1. The third-order valence-electron chi connectivity index (χ3n) is 5.61. The van der Waals surface area contributed by atoms with Gasteiger partial charge in [-0.3, -0.25) is 19.5 Å². The first-order valence-electron chi connectivity index (χ1n) is 11.6. The molecule has 0 aliphatic heterocycles. The van der Waals surface area contributed by atoms with Gasteiger partial charge in [0.1, 0.15) is 0 Å². The first-order valence-corrected chi connectivity index (χ1v) is 11.6. The first kappa shape index (κ1) is 24.6. The zero-order chi connectivity index (χ0) is 25.7. The van der Waals surface area contributed by atoms with Gasteiger partial charge in [-0.1, -0.05) is 54.6 Å². The number of anilines is 1. The first-order chi connectivity index (χ1) is 17.2. The van der Waals surface area contributed by atoms with E-state index in [0.29, 0.717) is 16.8 Å². The van der Waals surface area contributed by atoms with Crippen molar-refractivity contribution >= 4 is 46.3 Å². The van der Waals surface area contributed by atoms with Gasteiger partial charge in [0.05, 0.1) is 11.2 Å². The second kappa shape index (κ2) is 10.4. The number of fused-ring (bicyclic) bond motifs is 1. The SMILES string of the molecule is CC(=O)NC(C)(C)CC(=O)Nc1cccc(C(=O)c2ccc3c(/C=C/c4ccccc4)n[nH]c3c2)c1. The van der Waals surface area contributed by atoms with Crippen LogP contribution in [-0.2, 0) is 9.59 Å². The average Bonchev–Trinajstić information content (AvgIpc) is 3.24. The molecular weight excluding hydrogens is 452 g/mol. The molecule has 0 bridgehead atoms. The van der Waals surface area contributed by atoms with Crippen LogP contribution >= 0.6 is 0 Å². The molecule has 0 radical (unpaired) electrons. The van der Waals surface area contributed by atoms with E-state index in [4.69, 9.17) is 0 Å². The Labute approximate surface area is 209 Å². The number of ketones is 1. The summed E-state index contributed by atoms with van der Waals surface area (Å²) in [6, 6.07) is 22.2. The summed E-state index contributed by atoms with van der Waals surface area (Å²) in [6.45, 7) is 4.97. The lowest BCUT2D eigenvalue weighted by molar-refractivity contribution is -0.121. The largest absolute Gasteiger partial charge is 0.351 e. The summed E-state index contributed by atoms with van der Waals surface area (Å²) < 4.78 is 0. The molecule has 0 saturated carbocycles. The lowest BCUT2D eigenvalue weighted by atomic mass is 9.99. The number of nitrogens with one attached hydrogen (secondary N) is 3. The standard InChI is InChI=1S/C29H28N4O3/c1-19(34)31-29(2,3)18-27(35)30-23-11-7-10-21(16-23)28(36)22-13-14-24-25(32-33-26(24)17-22)15-12-20-8-5-4-6-9-20/h4-17H,18H2,1-3H3,(H,30,35)(H,31,34)(H,32,33)/b15-12+. The normalized spacial score (nSPS) is 11.5. The third-order valence-corrected chi connectivity index (χ3v) is 5.61. The van der Waals surface area contributed by atoms with Crippen molar-refractivity contribution in [3.8, 4) is 0 Å². The minimum absolute atomic E-state index is 0.0995. The van der Waals surface area contributed by atoms with Crippen molar-refractivity contribution in [1.29, 1.82) is 0 Å². The van der Waals surface area contributed by atoms with Crippen LogP contribution in [0, 0.1) is 0 Å². The van der Waals surface area contributed by atoms with Crippen molar-refractivity contribution in [2.24, 2.45) is 0 Å². The maximum Gasteiger partial charge on any atom is 0.226 e. The van der Waals surface area contributed by atoms with Gasteiger partial charge >= 0.3 is 0 Å². The van der Waals surface area contributed by atoms with Crippen molar-refractivity contribution in [3.05, 3.63) is 95.2 Å². The van der Waals surface area contributed by atoms with E-state index in [2.05, 4.69) is 20.8 Å². The molecule has 0 aliphatic rings. The number of hydrogen-bond donors (Lipinski definition) is 3. The number of carbonyl (C=O) groups is 3. The molecule has 7 nitrogen and oxygen atoms in total. The fourth-order valence-corrected chi connectivity index (χ4v) is 4.08. The number of aromatic nitrogens is 2. The monoisotopic (exact) mass is 480 g/mol. The molecule has 4 aromatic rings. The van der Waals surface area contributed by atoms with Gasteiger partial charge in [0, 0.05) is 41.1 Å². The molecule has 3 N–H and O–H groups in total. The number of hydrogen-bond acceptors (Lipinski definition) is 4. The molecule has 0 saturated heterocycles. The fraction of sp³-hybridized carbons (Fsp3) is 0.172. The van der Waals surface area contributed by atoms with Crippen molar-refractivity contribution in [3.63, 3.8) is 0 Å². The van der Waals surface area contributed by atoms with E-state index in [1.165, 1.54) is 6.92 Å². The molecule has 36 heavy (non-hydrogen) atoms. The summed E-state index contributed by atoms with van der Waals surface area (Å²) in [5, 5.41) is 13.9. The highest BCUT2D eigenvalue weighted by Crippen LogP contribution is 2.22. The highest BCUT2D eigenvalue weighted by atomic mass is 16.2. The van der Waals surface area contributed by atoms with Crippen LogP contribution in [0.3, 0.4) is 0 Å². The van der Waals surface area contributed by atoms with Crippen LogP contribution in [0.4, 0.5) is 5.69 Å². The van der Waals surface area contributed by atoms with Crippen LogP contribution in [-0.4, -0.2) is 33.3 Å². The van der Waals surface area contributed by atoms with Gasteiger partial charge in [-0.15, -0.1) is 0 Å². The number of amides is 2. The number of carbonyl (C=O) groups excluding carboxylic acids is 3. The molecule has 182 valence electrons. The summed E-state index contributed by atoms with van der Waals surface area (Å²) in [5.74, 6) is -0.621. The number of benzene rings is 3. The molecule has 1 aromatic heterocycles. The second-order valence-electron chi connectivity index (χ2n) is 9.31. The molecule has 0 fully saturated rings. The predicted molar refractivity (Wildman–Crippen MR) is 142 cm³/mol. The molecule has 7 heteroatoms. The summed E-state index contributed by atoms with van der Waals surface area (Å²) >= 11 is 0. The van der Waals surface area contributed by atoms with Crippen LogP contribution in [0.2, 0.25) is 0 Å². The Hall–Kier alpha value is -4.52.